The Kier molecular flexibility index (Phi) is 5.96. The van der Waals surface area contributed by atoms with Crippen molar-refractivity contribution >= 4 is 11.3 Å². The second-order valence-electron chi connectivity index (χ2n) is 4.17. The van der Waals surface area contributed by atoms with Gasteiger partial charge in [0, 0.05) is 9.75 Å². The third-order valence-electron chi connectivity index (χ3n) is 2.68. The van der Waals surface area contributed by atoms with Crippen molar-refractivity contribution in [2.75, 3.05) is 13.1 Å². The molecule has 0 bridgehead atoms. The molecule has 0 amide bonds. The molecule has 0 saturated heterocycles. The summed E-state index contributed by atoms with van der Waals surface area (Å²) in [6.45, 7) is 8.99. The van der Waals surface area contributed by atoms with Crippen molar-refractivity contribution in [3.8, 4) is 0 Å². The molecule has 0 spiro atoms. The van der Waals surface area contributed by atoms with Crippen LogP contribution in [0, 0.1) is 5.92 Å². The van der Waals surface area contributed by atoms with Gasteiger partial charge in [-0.3, -0.25) is 0 Å². The Labute approximate surface area is 97.9 Å². The molecular weight excluding hydrogens is 202 g/mol. The fourth-order valence-corrected chi connectivity index (χ4v) is 2.81. The van der Waals surface area contributed by atoms with E-state index >= 15 is 0 Å². The van der Waals surface area contributed by atoms with Gasteiger partial charge >= 0.3 is 0 Å². The highest BCUT2D eigenvalue weighted by Gasteiger charge is 2.05. The average molecular weight is 225 g/mol. The van der Waals surface area contributed by atoms with Crippen molar-refractivity contribution in [2.45, 2.75) is 40.0 Å². The maximum atomic E-state index is 3.38. The monoisotopic (exact) mass is 225 g/mol. The first-order valence-electron chi connectivity index (χ1n) is 6.04. The van der Waals surface area contributed by atoms with Crippen molar-refractivity contribution in [3.63, 3.8) is 0 Å². The number of thiophene rings is 1. The smallest absolute Gasteiger partial charge is 0.00508 e. The van der Waals surface area contributed by atoms with Crippen LogP contribution in [0.15, 0.2) is 12.1 Å². The molecule has 1 heterocycles. The van der Waals surface area contributed by atoms with Gasteiger partial charge in [0.2, 0.25) is 0 Å². The standard InChI is InChI=1S/C13H23NS/c1-4-12-6-7-13(15-12)10-11(3)8-9-14-5-2/h6-7,11,14H,4-5,8-10H2,1-3H3. The van der Waals surface area contributed by atoms with E-state index < -0.39 is 0 Å². The van der Waals surface area contributed by atoms with E-state index in [-0.39, 0.29) is 0 Å². The molecule has 0 aliphatic heterocycles. The van der Waals surface area contributed by atoms with E-state index in [1.807, 2.05) is 11.3 Å². The Morgan fingerprint density at radius 3 is 2.60 bits per heavy atom. The molecule has 0 saturated carbocycles. The van der Waals surface area contributed by atoms with E-state index in [0.717, 1.165) is 19.0 Å². The zero-order chi connectivity index (χ0) is 11.1. The molecule has 1 atom stereocenters. The Morgan fingerprint density at radius 2 is 2.00 bits per heavy atom. The SMILES string of the molecule is CCNCCC(C)Cc1ccc(CC)s1. The van der Waals surface area contributed by atoms with Gasteiger partial charge in [0.15, 0.2) is 0 Å². The third kappa shape index (κ3) is 4.80. The van der Waals surface area contributed by atoms with Crippen LogP contribution in [0.3, 0.4) is 0 Å². The molecule has 0 fully saturated rings. The summed E-state index contributed by atoms with van der Waals surface area (Å²) in [5, 5.41) is 3.38. The first kappa shape index (κ1) is 12.7. The zero-order valence-corrected chi connectivity index (χ0v) is 11.0. The summed E-state index contributed by atoms with van der Waals surface area (Å²) in [7, 11) is 0. The van der Waals surface area contributed by atoms with Crippen LogP contribution < -0.4 is 5.32 Å². The van der Waals surface area contributed by atoms with Crippen LogP contribution in [0.25, 0.3) is 0 Å². The molecule has 0 radical (unpaired) electrons. The molecule has 0 aliphatic rings. The molecule has 1 unspecified atom stereocenters. The minimum absolute atomic E-state index is 0.799. The first-order chi connectivity index (χ1) is 7.26. The maximum Gasteiger partial charge on any atom is 0.00508 e. The maximum absolute atomic E-state index is 3.38. The number of hydrogen-bond donors (Lipinski definition) is 1. The second-order valence-corrected chi connectivity index (χ2v) is 5.43. The van der Waals surface area contributed by atoms with Crippen LogP contribution in [0.4, 0.5) is 0 Å². The third-order valence-corrected chi connectivity index (χ3v) is 3.93. The number of hydrogen-bond acceptors (Lipinski definition) is 2. The molecule has 1 nitrogen and oxygen atoms in total. The molecule has 0 aliphatic carbocycles. The summed E-state index contributed by atoms with van der Waals surface area (Å²) in [6.07, 6.45) is 3.71. The first-order valence-corrected chi connectivity index (χ1v) is 6.86. The Balaban J connectivity index is 2.27. The van der Waals surface area contributed by atoms with Crippen LogP contribution >= 0.6 is 11.3 Å². The number of nitrogens with one attached hydrogen (secondary N) is 1. The lowest BCUT2D eigenvalue weighted by Crippen LogP contribution is -2.17. The number of aryl methyl sites for hydroxylation is 1. The van der Waals surface area contributed by atoms with Crippen molar-refractivity contribution < 1.29 is 0 Å². The summed E-state index contributed by atoms with van der Waals surface area (Å²) >= 11 is 1.98. The molecular formula is C13H23NS. The summed E-state index contributed by atoms with van der Waals surface area (Å²) in [5.74, 6) is 0.799. The van der Waals surface area contributed by atoms with Gasteiger partial charge in [-0.2, -0.15) is 0 Å². The molecule has 1 rings (SSSR count). The van der Waals surface area contributed by atoms with Crippen molar-refractivity contribution in [2.24, 2.45) is 5.92 Å². The van der Waals surface area contributed by atoms with Crippen LogP contribution in [0.1, 0.15) is 36.9 Å². The summed E-state index contributed by atoms with van der Waals surface area (Å²) in [6, 6.07) is 4.57. The fraction of sp³-hybridized carbons (Fsp3) is 0.692. The molecule has 2 heteroatoms. The highest BCUT2D eigenvalue weighted by molar-refractivity contribution is 7.11. The van der Waals surface area contributed by atoms with E-state index in [4.69, 9.17) is 0 Å². The van der Waals surface area contributed by atoms with Gasteiger partial charge in [0.25, 0.3) is 0 Å². The lowest BCUT2D eigenvalue weighted by Gasteiger charge is -2.09. The van der Waals surface area contributed by atoms with E-state index in [9.17, 15) is 0 Å². The van der Waals surface area contributed by atoms with Crippen molar-refractivity contribution in [1.82, 2.24) is 5.32 Å². The van der Waals surface area contributed by atoms with Crippen LogP contribution in [0.2, 0.25) is 0 Å². The van der Waals surface area contributed by atoms with Gasteiger partial charge in [-0.05, 0) is 50.4 Å². The lowest BCUT2D eigenvalue weighted by molar-refractivity contribution is 0.507. The highest BCUT2D eigenvalue weighted by atomic mass is 32.1. The van der Waals surface area contributed by atoms with Gasteiger partial charge in [0.1, 0.15) is 0 Å². The Bertz CT molecular complexity index is 267. The number of rotatable bonds is 7. The quantitative estimate of drug-likeness (QED) is 0.700. The van der Waals surface area contributed by atoms with Crippen molar-refractivity contribution in [1.29, 1.82) is 0 Å². The highest BCUT2D eigenvalue weighted by Crippen LogP contribution is 2.21. The molecule has 0 aromatic carbocycles. The summed E-state index contributed by atoms with van der Waals surface area (Å²) < 4.78 is 0. The largest absolute Gasteiger partial charge is 0.317 e. The fourth-order valence-electron chi connectivity index (χ4n) is 1.69. The Hall–Kier alpha value is -0.340. The lowest BCUT2D eigenvalue weighted by atomic mass is 10.0. The minimum Gasteiger partial charge on any atom is -0.317 e. The summed E-state index contributed by atoms with van der Waals surface area (Å²) in [5.41, 5.74) is 0. The predicted octanol–water partition coefficient (Wildman–Crippen LogP) is 3.49. The second kappa shape index (κ2) is 7.02. The molecule has 86 valence electrons. The van der Waals surface area contributed by atoms with Gasteiger partial charge < -0.3 is 5.32 Å². The van der Waals surface area contributed by atoms with Gasteiger partial charge in [0.05, 0.1) is 0 Å². The van der Waals surface area contributed by atoms with Crippen LogP contribution in [-0.4, -0.2) is 13.1 Å². The predicted molar refractivity (Wildman–Crippen MR) is 69.7 cm³/mol. The van der Waals surface area contributed by atoms with Crippen LogP contribution in [-0.2, 0) is 12.8 Å². The molecule has 1 N–H and O–H groups in total. The minimum atomic E-state index is 0.799. The zero-order valence-electron chi connectivity index (χ0n) is 10.2. The van der Waals surface area contributed by atoms with E-state index in [1.165, 1.54) is 24.1 Å². The van der Waals surface area contributed by atoms with E-state index in [2.05, 4.69) is 38.2 Å². The normalized spacial score (nSPS) is 13.0. The van der Waals surface area contributed by atoms with E-state index in [0.29, 0.717) is 0 Å². The average Bonchev–Trinajstić information content (AvgIpc) is 2.66. The molecule has 1 aromatic rings. The van der Waals surface area contributed by atoms with E-state index in [1.54, 1.807) is 4.88 Å². The van der Waals surface area contributed by atoms with Gasteiger partial charge in [-0.15, -0.1) is 11.3 Å². The van der Waals surface area contributed by atoms with Gasteiger partial charge in [-0.25, -0.2) is 0 Å². The topological polar surface area (TPSA) is 12.0 Å². The Morgan fingerprint density at radius 1 is 1.27 bits per heavy atom. The molecule has 15 heavy (non-hydrogen) atoms. The molecule has 1 aromatic heterocycles. The summed E-state index contributed by atoms with van der Waals surface area (Å²) in [4.78, 5) is 3.07. The van der Waals surface area contributed by atoms with Crippen LogP contribution in [0.5, 0.6) is 0 Å². The van der Waals surface area contributed by atoms with Gasteiger partial charge in [-0.1, -0.05) is 20.8 Å². The van der Waals surface area contributed by atoms with Crippen molar-refractivity contribution in [3.05, 3.63) is 21.9 Å².